The van der Waals surface area contributed by atoms with Gasteiger partial charge >= 0.3 is 0 Å². The van der Waals surface area contributed by atoms with Gasteiger partial charge in [-0.2, -0.15) is 0 Å². The summed E-state index contributed by atoms with van der Waals surface area (Å²) in [5.74, 6) is 0.212. The fraction of sp³-hybridized carbons (Fsp3) is 0.190. The molecule has 2 N–H and O–H groups in total. The van der Waals surface area contributed by atoms with Crippen LogP contribution >= 0.6 is 0 Å². The van der Waals surface area contributed by atoms with Crippen molar-refractivity contribution < 1.29 is 14.3 Å². The first kappa shape index (κ1) is 17.0. The Bertz CT molecular complexity index is 823. The minimum absolute atomic E-state index is 0.0685. The molecule has 0 radical (unpaired) electrons. The van der Waals surface area contributed by atoms with Crippen LogP contribution in [0.15, 0.2) is 77.4 Å². The summed E-state index contributed by atoms with van der Waals surface area (Å²) in [7, 11) is 0. The Morgan fingerprint density at radius 1 is 1.04 bits per heavy atom. The summed E-state index contributed by atoms with van der Waals surface area (Å²) >= 11 is 0. The lowest BCUT2D eigenvalue weighted by atomic mass is 9.98. The van der Waals surface area contributed by atoms with Gasteiger partial charge in [0.25, 0.3) is 5.91 Å². The van der Waals surface area contributed by atoms with E-state index >= 15 is 0 Å². The van der Waals surface area contributed by atoms with Gasteiger partial charge in [-0.3, -0.25) is 4.79 Å². The largest absolute Gasteiger partial charge is 0.466 e. The van der Waals surface area contributed by atoms with Gasteiger partial charge in [0.2, 0.25) is 0 Å². The number of furan rings is 1. The fourth-order valence-corrected chi connectivity index (χ4v) is 2.73. The topological polar surface area (TPSA) is 62.5 Å². The van der Waals surface area contributed by atoms with E-state index in [1.807, 2.05) is 48.5 Å². The van der Waals surface area contributed by atoms with Crippen LogP contribution in [-0.4, -0.2) is 17.6 Å². The van der Waals surface area contributed by atoms with E-state index in [1.54, 1.807) is 25.1 Å². The van der Waals surface area contributed by atoms with Crippen molar-refractivity contribution in [3.8, 4) is 0 Å². The highest BCUT2D eigenvalue weighted by atomic mass is 16.4. The number of benzene rings is 2. The van der Waals surface area contributed by atoms with E-state index < -0.39 is 5.60 Å². The van der Waals surface area contributed by atoms with Gasteiger partial charge in [0.15, 0.2) is 0 Å². The predicted molar refractivity (Wildman–Crippen MR) is 96.3 cm³/mol. The quantitative estimate of drug-likeness (QED) is 0.725. The second-order valence-corrected chi connectivity index (χ2v) is 6.25. The lowest BCUT2D eigenvalue weighted by Crippen LogP contribution is -2.38. The van der Waals surface area contributed by atoms with Gasteiger partial charge in [-0.25, -0.2) is 0 Å². The van der Waals surface area contributed by atoms with Crippen LogP contribution < -0.4 is 5.32 Å². The zero-order valence-corrected chi connectivity index (χ0v) is 14.1. The van der Waals surface area contributed by atoms with Crippen molar-refractivity contribution in [3.63, 3.8) is 0 Å². The van der Waals surface area contributed by atoms with Crippen LogP contribution in [0.3, 0.4) is 0 Å². The number of aliphatic hydroxyl groups is 1. The first-order valence-electron chi connectivity index (χ1n) is 8.23. The monoisotopic (exact) mass is 335 g/mol. The van der Waals surface area contributed by atoms with E-state index in [1.165, 1.54) is 6.26 Å². The van der Waals surface area contributed by atoms with E-state index in [9.17, 15) is 9.90 Å². The third kappa shape index (κ3) is 4.17. The highest BCUT2D eigenvalue weighted by Gasteiger charge is 2.27. The van der Waals surface area contributed by atoms with Crippen molar-refractivity contribution in [2.45, 2.75) is 18.9 Å². The number of carbonyl (C=O) groups is 1. The van der Waals surface area contributed by atoms with Gasteiger partial charge in [0.1, 0.15) is 11.4 Å². The lowest BCUT2D eigenvalue weighted by molar-refractivity contribution is 0.0330. The molecule has 4 heteroatoms. The van der Waals surface area contributed by atoms with Crippen molar-refractivity contribution >= 4 is 5.91 Å². The van der Waals surface area contributed by atoms with Crippen molar-refractivity contribution in [1.29, 1.82) is 0 Å². The fourth-order valence-electron chi connectivity index (χ4n) is 2.73. The molecule has 0 saturated carbocycles. The van der Waals surface area contributed by atoms with Crippen LogP contribution in [0.5, 0.6) is 0 Å². The summed E-state index contributed by atoms with van der Waals surface area (Å²) < 4.78 is 5.24. The van der Waals surface area contributed by atoms with Gasteiger partial charge in [0, 0.05) is 5.56 Å². The van der Waals surface area contributed by atoms with E-state index in [-0.39, 0.29) is 12.5 Å². The van der Waals surface area contributed by atoms with E-state index in [2.05, 4.69) is 5.32 Å². The highest BCUT2D eigenvalue weighted by Crippen LogP contribution is 2.20. The Balaban J connectivity index is 1.72. The van der Waals surface area contributed by atoms with Crippen LogP contribution in [0.2, 0.25) is 0 Å². The minimum Gasteiger partial charge on any atom is -0.466 e. The number of hydrogen-bond acceptors (Lipinski definition) is 3. The van der Waals surface area contributed by atoms with Crippen LogP contribution in [0.1, 0.15) is 34.2 Å². The Hall–Kier alpha value is -2.85. The molecular formula is C21H21NO3. The van der Waals surface area contributed by atoms with Crippen molar-refractivity contribution in [1.82, 2.24) is 5.32 Å². The zero-order chi connectivity index (χ0) is 17.7. The molecule has 1 unspecified atom stereocenters. The molecule has 0 aliphatic carbocycles. The maximum Gasteiger partial charge on any atom is 0.251 e. The molecule has 4 nitrogen and oxygen atoms in total. The number of amides is 1. The molecule has 3 rings (SSSR count). The Morgan fingerprint density at radius 3 is 2.48 bits per heavy atom. The highest BCUT2D eigenvalue weighted by molar-refractivity contribution is 5.95. The maximum atomic E-state index is 12.6. The summed E-state index contributed by atoms with van der Waals surface area (Å²) in [4.78, 5) is 12.6. The molecule has 3 aromatic rings. The van der Waals surface area contributed by atoms with Gasteiger partial charge in [-0.15, -0.1) is 0 Å². The summed E-state index contributed by atoms with van der Waals surface area (Å²) in [6.45, 7) is 1.68. The molecule has 0 fully saturated rings. The first-order valence-corrected chi connectivity index (χ1v) is 8.23. The second-order valence-electron chi connectivity index (χ2n) is 6.25. The molecule has 1 aromatic heterocycles. The molecule has 0 saturated heterocycles. The molecule has 0 aliphatic rings. The summed E-state index contributed by atoms with van der Waals surface area (Å²) in [5.41, 5.74) is 1.45. The number of carbonyl (C=O) groups excluding carboxylic acids is 1. The smallest absolute Gasteiger partial charge is 0.251 e. The zero-order valence-electron chi connectivity index (χ0n) is 14.1. The van der Waals surface area contributed by atoms with Crippen molar-refractivity contribution in [2.24, 2.45) is 0 Å². The van der Waals surface area contributed by atoms with Crippen molar-refractivity contribution in [3.05, 3.63) is 95.4 Å². The van der Waals surface area contributed by atoms with Gasteiger partial charge in [0.05, 0.1) is 12.8 Å². The Kier molecular flexibility index (Phi) is 5.00. The van der Waals surface area contributed by atoms with Crippen LogP contribution in [0, 0.1) is 0 Å². The van der Waals surface area contributed by atoms with Crippen LogP contribution in [-0.2, 0) is 12.0 Å². The van der Waals surface area contributed by atoms with Crippen LogP contribution in [0.4, 0.5) is 0 Å². The average molecular weight is 335 g/mol. The van der Waals surface area contributed by atoms with Gasteiger partial charge in [-0.1, -0.05) is 48.5 Å². The number of rotatable bonds is 6. The SMILES string of the molecule is CC(O)(CNC(=O)c1ccccc1Cc1ccccc1)c1ccco1. The predicted octanol–water partition coefficient (Wildman–Crippen LogP) is 3.51. The maximum absolute atomic E-state index is 12.6. The molecule has 0 spiro atoms. The molecule has 1 amide bonds. The number of nitrogens with one attached hydrogen (secondary N) is 1. The van der Waals surface area contributed by atoms with E-state index in [4.69, 9.17) is 4.42 Å². The normalized spacial score (nSPS) is 13.2. The third-order valence-corrected chi connectivity index (χ3v) is 4.14. The summed E-state index contributed by atoms with van der Waals surface area (Å²) in [6.07, 6.45) is 2.18. The number of hydrogen-bond donors (Lipinski definition) is 2. The van der Waals surface area contributed by atoms with Gasteiger partial charge in [-0.05, 0) is 42.7 Å². The average Bonchev–Trinajstić information content (AvgIpc) is 3.17. The second kappa shape index (κ2) is 7.36. The minimum atomic E-state index is -1.26. The van der Waals surface area contributed by atoms with Crippen molar-refractivity contribution in [2.75, 3.05) is 6.54 Å². The summed E-state index contributed by atoms with van der Waals surface area (Å²) in [5, 5.41) is 13.3. The van der Waals surface area contributed by atoms with Gasteiger partial charge < -0.3 is 14.8 Å². The van der Waals surface area contributed by atoms with E-state index in [0.29, 0.717) is 17.7 Å². The molecule has 25 heavy (non-hydrogen) atoms. The summed E-state index contributed by atoms with van der Waals surface area (Å²) in [6, 6.07) is 20.9. The molecular weight excluding hydrogens is 314 g/mol. The Labute approximate surface area is 147 Å². The van der Waals surface area contributed by atoms with E-state index in [0.717, 1.165) is 11.1 Å². The molecule has 128 valence electrons. The van der Waals surface area contributed by atoms with Crippen LogP contribution in [0.25, 0.3) is 0 Å². The molecule has 0 aliphatic heterocycles. The molecule has 0 bridgehead atoms. The molecule has 2 aromatic carbocycles. The molecule has 1 atom stereocenters. The first-order chi connectivity index (χ1) is 12.1. The molecule has 1 heterocycles. The standard InChI is InChI=1S/C21H21NO3/c1-21(24,19-12-7-13-25-19)15-22-20(23)18-11-6-5-10-17(18)14-16-8-3-2-4-9-16/h2-13,24H,14-15H2,1H3,(H,22,23). The lowest BCUT2D eigenvalue weighted by Gasteiger charge is -2.21. The Morgan fingerprint density at radius 2 is 1.76 bits per heavy atom. The third-order valence-electron chi connectivity index (χ3n) is 4.14.